The van der Waals surface area contributed by atoms with Gasteiger partial charge in [-0.3, -0.25) is 4.90 Å². The van der Waals surface area contributed by atoms with Crippen molar-refractivity contribution in [2.45, 2.75) is 44.4 Å². The van der Waals surface area contributed by atoms with E-state index in [0.29, 0.717) is 4.43 Å². The number of halogens is 1. The maximum Gasteiger partial charge on any atom is 0.411 e. The van der Waals surface area contributed by atoms with Crippen molar-refractivity contribution in [3.05, 3.63) is 0 Å². The van der Waals surface area contributed by atoms with Gasteiger partial charge in [0.2, 0.25) is 0 Å². The molecule has 0 aromatic rings. The standard InChI is InChI=1S/C12H20INO5/c1-11(2,3)19-10(16)14-7-12(17,6-13)5-8(14)9(15)18-4/h8,17H,5-7H2,1-4H3. The van der Waals surface area contributed by atoms with Crippen molar-refractivity contribution in [3.63, 3.8) is 0 Å². The van der Waals surface area contributed by atoms with Gasteiger partial charge in [-0.2, -0.15) is 0 Å². The predicted octanol–water partition coefficient (Wildman–Crippen LogP) is 1.33. The Balaban J connectivity index is 2.89. The summed E-state index contributed by atoms with van der Waals surface area (Å²) in [4.78, 5) is 25.0. The summed E-state index contributed by atoms with van der Waals surface area (Å²) in [5.41, 5.74) is -1.72. The van der Waals surface area contributed by atoms with Crippen LogP contribution in [0.4, 0.5) is 4.79 Å². The van der Waals surface area contributed by atoms with Crippen LogP contribution < -0.4 is 0 Å². The van der Waals surface area contributed by atoms with Gasteiger partial charge in [-0.05, 0) is 20.8 Å². The topological polar surface area (TPSA) is 76.1 Å². The molecular weight excluding hydrogens is 365 g/mol. The average molecular weight is 385 g/mol. The number of ether oxygens (including phenoxy) is 2. The fourth-order valence-corrected chi connectivity index (χ4v) is 2.47. The normalized spacial score (nSPS) is 27.3. The number of β-amino-alcohol motifs (C(OH)–C–C–N with tert-alkyl or cyclic N) is 1. The molecule has 0 radical (unpaired) electrons. The Morgan fingerprint density at radius 3 is 2.47 bits per heavy atom. The van der Waals surface area contributed by atoms with E-state index >= 15 is 0 Å². The maximum absolute atomic E-state index is 12.1. The Morgan fingerprint density at radius 2 is 2.05 bits per heavy atom. The van der Waals surface area contributed by atoms with Crippen LogP contribution in [0.25, 0.3) is 0 Å². The minimum Gasteiger partial charge on any atom is -0.467 e. The fourth-order valence-electron chi connectivity index (χ4n) is 1.92. The van der Waals surface area contributed by atoms with Gasteiger partial charge in [-0.15, -0.1) is 0 Å². The van der Waals surface area contributed by atoms with Crippen molar-refractivity contribution in [1.82, 2.24) is 4.90 Å². The van der Waals surface area contributed by atoms with Crippen molar-refractivity contribution in [2.24, 2.45) is 0 Å². The zero-order chi connectivity index (χ0) is 14.8. The van der Waals surface area contributed by atoms with Crippen molar-refractivity contribution >= 4 is 34.7 Å². The van der Waals surface area contributed by atoms with E-state index in [0.717, 1.165) is 0 Å². The molecular formula is C12H20INO5. The number of nitrogens with zero attached hydrogens (tertiary/aromatic N) is 1. The quantitative estimate of drug-likeness (QED) is 0.441. The average Bonchev–Trinajstić information content (AvgIpc) is 2.65. The van der Waals surface area contributed by atoms with Crippen LogP contribution in [-0.2, 0) is 14.3 Å². The summed E-state index contributed by atoms with van der Waals surface area (Å²) in [5, 5.41) is 10.3. The molecule has 6 nitrogen and oxygen atoms in total. The van der Waals surface area contributed by atoms with Crippen LogP contribution in [0.5, 0.6) is 0 Å². The molecule has 1 amide bonds. The Morgan fingerprint density at radius 1 is 1.47 bits per heavy atom. The first-order valence-corrected chi connectivity index (χ1v) is 7.50. The molecule has 1 fully saturated rings. The highest BCUT2D eigenvalue weighted by Gasteiger charge is 2.49. The SMILES string of the molecule is COC(=O)C1CC(O)(CI)CN1C(=O)OC(C)(C)C. The second-order valence-corrected chi connectivity index (χ2v) is 6.47. The molecule has 7 heteroatoms. The molecule has 1 rings (SSSR count). The summed E-state index contributed by atoms with van der Waals surface area (Å²) in [6.07, 6.45) is -0.439. The third-order valence-electron chi connectivity index (χ3n) is 2.76. The first-order chi connectivity index (χ1) is 8.62. The summed E-state index contributed by atoms with van der Waals surface area (Å²) in [5.74, 6) is -0.536. The number of esters is 1. The summed E-state index contributed by atoms with van der Waals surface area (Å²) >= 11 is 2.03. The van der Waals surface area contributed by atoms with Gasteiger partial charge >= 0.3 is 12.1 Å². The molecule has 1 N–H and O–H groups in total. The van der Waals surface area contributed by atoms with E-state index in [1.54, 1.807) is 20.8 Å². The number of carbonyl (C=O) groups excluding carboxylic acids is 2. The van der Waals surface area contributed by atoms with Crippen LogP contribution in [0.1, 0.15) is 27.2 Å². The highest BCUT2D eigenvalue weighted by Crippen LogP contribution is 2.31. The van der Waals surface area contributed by atoms with Gasteiger partial charge in [0.1, 0.15) is 11.6 Å². The van der Waals surface area contributed by atoms with Crippen LogP contribution in [-0.4, -0.2) is 57.4 Å². The molecule has 19 heavy (non-hydrogen) atoms. The van der Waals surface area contributed by atoms with E-state index in [1.165, 1.54) is 12.0 Å². The minimum absolute atomic E-state index is 0.0740. The first-order valence-electron chi connectivity index (χ1n) is 5.98. The number of carbonyl (C=O) groups is 2. The molecule has 110 valence electrons. The number of rotatable bonds is 2. The minimum atomic E-state index is -1.07. The molecule has 0 spiro atoms. The maximum atomic E-state index is 12.1. The lowest BCUT2D eigenvalue weighted by atomic mass is 10.0. The van der Waals surface area contributed by atoms with Crippen LogP contribution in [0, 0.1) is 0 Å². The summed E-state index contributed by atoms with van der Waals surface area (Å²) in [6.45, 7) is 5.32. The van der Waals surface area contributed by atoms with E-state index in [9.17, 15) is 14.7 Å². The third kappa shape index (κ3) is 4.20. The van der Waals surface area contributed by atoms with Gasteiger partial charge < -0.3 is 14.6 Å². The highest BCUT2D eigenvalue weighted by atomic mass is 127. The van der Waals surface area contributed by atoms with Gasteiger partial charge in [0.05, 0.1) is 19.3 Å². The molecule has 1 aliphatic heterocycles. The monoisotopic (exact) mass is 385 g/mol. The second-order valence-electron chi connectivity index (χ2n) is 5.71. The van der Waals surface area contributed by atoms with Gasteiger partial charge in [0.25, 0.3) is 0 Å². The Kier molecular flexibility index (Phi) is 5.05. The number of alkyl halides is 1. The van der Waals surface area contributed by atoms with Crippen molar-refractivity contribution in [1.29, 1.82) is 0 Å². The number of aliphatic hydroxyl groups is 1. The third-order valence-corrected chi connectivity index (χ3v) is 4.18. The number of methoxy groups -OCH3 is 1. The number of hydrogen-bond donors (Lipinski definition) is 1. The molecule has 1 aliphatic rings. The van der Waals surface area contributed by atoms with E-state index in [1.807, 2.05) is 22.6 Å². The van der Waals surface area contributed by atoms with E-state index < -0.39 is 29.3 Å². The first kappa shape index (κ1) is 16.5. The number of likely N-dealkylation sites (tertiary alicyclic amines) is 1. The number of amides is 1. The molecule has 2 unspecified atom stereocenters. The molecule has 2 atom stereocenters. The van der Waals surface area contributed by atoms with E-state index in [4.69, 9.17) is 4.74 Å². The van der Waals surface area contributed by atoms with Gasteiger partial charge in [0.15, 0.2) is 0 Å². The van der Waals surface area contributed by atoms with Crippen LogP contribution in [0.15, 0.2) is 0 Å². The van der Waals surface area contributed by atoms with Gasteiger partial charge in [-0.25, -0.2) is 9.59 Å². The van der Waals surface area contributed by atoms with Crippen LogP contribution in [0.2, 0.25) is 0 Å². The molecule has 1 saturated heterocycles. The lowest BCUT2D eigenvalue weighted by Crippen LogP contribution is -2.44. The summed E-state index contributed by atoms with van der Waals surface area (Å²) in [6, 6.07) is -0.792. The molecule has 0 aliphatic carbocycles. The molecule has 0 saturated carbocycles. The van der Waals surface area contributed by atoms with Crippen LogP contribution >= 0.6 is 22.6 Å². The van der Waals surface area contributed by atoms with Crippen molar-refractivity contribution in [2.75, 3.05) is 18.1 Å². The van der Waals surface area contributed by atoms with E-state index in [-0.39, 0.29) is 13.0 Å². The zero-order valence-electron chi connectivity index (χ0n) is 11.6. The summed E-state index contributed by atoms with van der Waals surface area (Å²) in [7, 11) is 1.26. The van der Waals surface area contributed by atoms with Gasteiger partial charge in [-0.1, -0.05) is 22.6 Å². The number of hydrogen-bond acceptors (Lipinski definition) is 5. The van der Waals surface area contributed by atoms with Gasteiger partial charge in [0, 0.05) is 10.8 Å². The largest absolute Gasteiger partial charge is 0.467 e. The van der Waals surface area contributed by atoms with Crippen LogP contribution in [0.3, 0.4) is 0 Å². The molecule has 0 aromatic heterocycles. The predicted molar refractivity (Wildman–Crippen MR) is 77.2 cm³/mol. The smallest absolute Gasteiger partial charge is 0.411 e. The Bertz CT molecular complexity index is 368. The lowest BCUT2D eigenvalue weighted by molar-refractivity contribution is -0.145. The summed E-state index contributed by atoms with van der Waals surface area (Å²) < 4.78 is 10.4. The zero-order valence-corrected chi connectivity index (χ0v) is 13.8. The second kappa shape index (κ2) is 5.82. The molecule has 0 aromatic carbocycles. The van der Waals surface area contributed by atoms with Crippen molar-refractivity contribution < 1.29 is 24.2 Å². The van der Waals surface area contributed by atoms with Crippen molar-refractivity contribution in [3.8, 4) is 0 Å². The highest BCUT2D eigenvalue weighted by molar-refractivity contribution is 14.1. The molecule has 0 bridgehead atoms. The Hall–Kier alpha value is -0.570. The van der Waals surface area contributed by atoms with E-state index in [2.05, 4.69) is 4.74 Å². The lowest BCUT2D eigenvalue weighted by Gasteiger charge is -2.27. The Labute approximate surface area is 126 Å². The fraction of sp³-hybridized carbons (Fsp3) is 0.833. The molecule has 1 heterocycles.